The maximum atomic E-state index is 12.5. The van der Waals surface area contributed by atoms with Crippen molar-refractivity contribution in [2.75, 3.05) is 66.7 Å². The number of anilines is 1. The second kappa shape index (κ2) is 15.4. The average Bonchev–Trinajstić information content (AvgIpc) is 2.93. The van der Waals surface area contributed by atoms with Gasteiger partial charge < -0.3 is 33.5 Å². The van der Waals surface area contributed by atoms with E-state index >= 15 is 0 Å². The lowest BCUT2D eigenvalue weighted by atomic mass is 9.97. The zero-order chi connectivity index (χ0) is 27.3. The lowest BCUT2D eigenvalue weighted by Crippen LogP contribution is -2.51. The summed E-state index contributed by atoms with van der Waals surface area (Å²) in [7, 11) is 5.87. The number of aliphatic hydroxyl groups is 1. The second-order valence-electron chi connectivity index (χ2n) is 8.55. The van der Waals surface area contributed by atoms with Crippen LogP contribution in [0.2, 0.25) is 0 Å². The summed E-state index contributed by atoms with van der Waals surface area (Å²) in [6, 6.07) is 3.25. The van der Waals surface area contributed by atoms with Crippen molar-refractivity contribution in [3.05, 3.63) is 30.4 Å². The molecule has 37 heavy (non-hydrogen) atoms. The van der Waals surface area contributed by atoms with Gasteiger partial charge in [0, 0.05) is 38.3 Å². The van der Waals surface area contributed by atoms with Crippen molar-refractivity contribution >= 4 is 17.7 Å². The number of ether oxygens (including phenoxy) is 6. The molecule has 2 rings (SSSR count). The minimum Gasteiger partial charge on any atom is -0.493 e. The van der Waals surface area contributed by atoms with E-state index in [0.29, 0.717) is 35.7 Å². The lowest BCUT2D eigenvalue weighted by Gasteiger charge is -2.42. The number of esters is 1. The molecule has 1 aromatic carbocycles. The highest BCUT2D eigenvalue weighted by atomic mass is 16.7. The summed E-state index contributed by atoms with van der Waals surface area (Å²) in [6.07, 6.45) is 4.28. The van der Waals surface area contributed by atoms with Crippen molar-refractivity contribution in [2.24, 2.45) is 0 Å². The Bertz CT molecular complexity index is 889. The number of rotatable bonds is 15. The number of methoxy groups -OCH3 is 4. The molecule has 1 aliphatic heterocycles. The molecule has 0 saturated carbocycles. The van der Waals surface area contributed by atoms with Crippen LogP contribution in [0, 0.1) is 0 Å². The van der Waals surface area contributed by atoms with Crippen LogP contribution in [0.5, 0.6) is 11.5 Å². The number of amides is 1. The van der Waals surface area contributed by atoms with Crippen LogP contribution in [0.1, 0.15) is 37.7 Å². The standard InChI is InChI=1S/C26H40N2O9/c1-6-13-37-25(31)27-21-16-23(36-14-9-11-24(30)33-3)22(32-2)15-20(21)26(34-4,35-5)18-28-12-8-7-10-19(28)17-29/h6,15-16,19,29H,1,7-14,17-18H2,2-5H3,(H,27,31)/t19-/m0/s1. The summed E-state index contributed by atoms with van der Waals surface area (Å²) in [5.74, 6) is -0.916. The number of nitrogens with one attached hydrogen (secondary N) is 1. The van der Waals surface area contributed by atoms with Crippen LogP contribution in [0.4, 0.5) is 10.5 Å². The van der Waals surface area contributed by atoms with Crippen molar-refractivity contribution in [2.45, 2.75) is 43.9 Å². The van der Waals surface area contributed by atoms with Gasteiger partial charge in [-0.3, -0.25) is 15.0 Å². The Morgan fingerprint density at radius 3 is 2.57 bits per heavy atom. The fourth-order valence-electron chi connectivity index (χ4n) is 4.29. The molecule has 1 aromatic rings. The number of likely N-dealkylation sites (tertiary alicyclic amines) is 1. The molecule has 1 atom stereocenters. The highest BCUT2D eigenvalue weighted by molar-refractivity contribution is 5.87. The molecule has 1 saturated heterocycles. The number of hydrogen-bond donors (Lipinski definition) is 2. The molecule has 11 nitrogen and oxygen atoms in total. The summed E-state index contributed by atoms with van der Waals surface area (Å²) < 4.78 is 33.2. The molecule has 208 valence electrons. The highest BCUT2D eigenvalue weighted by Crippen LogP contribution is 2.41. The number of benzene rings is 1. The largest absolute Gasteiger partial charge is 0.493 e. The number of carbonyl (C=O) groups is 2. The molecule has 0 aromatic heterocycles. The summed E-state index contributed by atoms with van der Waals surface area (Å²) in [6.45, 7) is 4.89. The Morgan fingerprint density at radius 2 is 1.95 bits per heavy atom. The molecule has 0 bridgehead atoms. The molecule has 2 N–H and O–H groups in total. The third-order valence-corrected chi connectivity index (χ3v) is 6.32. The highest BCUT2D eigenvalue weighted by Gasteiger charge is 2.40. The van der Waals surface area contributed by atoms with Gasteiger partial charge in [-0.1, -0.05) is 19.1 Å². The van der Waals surface area contributed by atoms with E-state index < -0.39 is 11.9 Å². The fraction of sp³-hybridized carbons (Fsp3) is 0.615. The predicted octanol–water partition coefficient (Wildman–Crippen LogP) is 3.05. The minimum absolute atomic E-state index is 0.0180. The second-order valence-corrected chi connectivity index (χ2v) is 8.55. The van der Waals surface area contributed by atoms with Crippen LogP contribution in [0.25, 0.3) is 0 Å². The average molecular weight is 525 g/mol. The van der Waals surface area contributed by atoms with E-state index in [-0.39, 0.29) is 38.3 Å². The van der Waals surface area contributed by atoms with Crippen LogP contribution in [-0.2, 0) is 29.5 Å². The van der Waals surface area contributed by atoms with Gasteiger partial charge in [-0.05, 0) is 31.9 Å². The zero-order valence-corrected chi connectivity index (χ0v) is 22.2. The topological polar surface area (TPSA) is 125 Å². The van der Waals surface area contributed by atoms with Gasteiger partial charge in [0.15, 0.2) is 11.5 Å². The van der Waals surface area contributed by atoms with Crippen molar-refractivity contribution in [1.82, 2.24) is 4.90 Å². The molecule has 0 spiro atoms. The van der Waals surface area contributed by atoms with E-state index in [1.165, 1.54) is 34.5 Å². The first-order valence-corrected chi connectivity index (χ1v) is 12.3. The Balaban J connectivity index is 2.46. The monoisotopic (exact) mass is 524 g/mol. The number of hydrogen-bond acceptors (Lipinski definition) is 10. The van der Waals surface area contributed by atoms with Gasteiger partial charge >= 0.3 is 12.1 Å². The maximum Gasteiger partial charge on any atom is 0.411 e. The van der Waals surface area contributed by atoms with Crippen molar-refractivity contribution in [3.8, 4) is 11.5 Å². The minimum atomic E-state index is -1.32. The first kappa shape index (κ1) is 30.4. The molecular weight excluding hydrogens is 484 g/mol. The number of piperidine rings is 1. The van der Waals surface area contributed by atoms with Gasteiger partial charge in [0.25, 0.3) is 0 Å². The van der Waals surface area contributed by atoms with Crippen LogP contribution in [0.15, 0.2) is 24.8 Å². The number of aliphatic hydroxyl groups excluding tert-OH is 1. The summed E-state index contributed by atoms with van der Waals surface area (Å²) in [5.41, 5.74) is 0.813. The fourth-order valence-corrected chi connectivity index (χ4v) is 4.29. The summed E-state index contributed by atoms with van der Waals surface area (Å²) >= 11 is 0. The number of carbonyl (C=O) groups excluding carboxylic acids is 2. The van der Waals surface area contributed by atoms with Gasteiger partial charge in [0.1, 0.15) is 6.61 Å². The van der Waals surface area contributed by atoms with Crippen molar-refractivity contribution in [3.63, 3.8) is 0 Å². The molecule has 0 unspecified atom stereocenters. The number of nitrogens with zero attached hydrogens (tertiary/aromatic N) is 1. The van der Waals surface area contributed by atoms with Gasteiger partial charge in [0.2, 0.25) is 5.79 Å². The Hall–Kier alpha value is -2.86. The Labute approximate surface area is 218 Å². The van der Waals surface area contributed by atoms with E-state index in [4.69, 9.17) is 23.7 Å². The van der Waals surface area contributed by atoms with Gasteiger partial charge in [-0.2, -0.15) is 0 Å². The van der Waals surface area contributed by atoms with E-state index in [0.717, 1.165) is 25.8 Å². The maximum absolute atomic E-state index is 12.5. The van der Waals surface area contributed by atoms with Crippen LogP contribution in [0.3, 0.4) is 0 Å². The predicted molar refractivity (Wildman–Crippen MR) is 137 cm³/mol. The molecule has 1 amide bonds. The lowest BCUT2D eigenvalue weighted by molar-refractivity contribution is -0.230. The molecule has 0 radical (unpaired) electrons. The van der Waals surface area contributed by atoms with E-state index in [2.05, 4.69) is 21.5 Å². The SMILES string of the molecule is C=CCOC(=O)Nc1cc(OCCCC(=O)OC)c(OC)cc1C(CN1CCCC[C@H]1CO)(OC)OC. The Morgan fingerprint density at radius 1 is 1.19 bits per heavy atom. The van der Waals surface area contributed by atoms with E-state index in [9.17, 15) is 14.7 Å². The molecule has 1 heterocycles. The van der Waals surface area contributed by atoms with Crippen LogP contribution >= 0.6 is 0 Å². The van der Waals surface area contributed by atoms with Crippen LogP contribution in [-0.4, -0.2) is 89.5 Å². The van der Waals surface area contributed by atoms with Crippen molar-refractivity contribution < 1.29 is 43.1 Å². The smallest absolute Gasteiger partial charge is 0.411 e. The van der Waals surface area contributed by atoms with Gasteiger partial charge in [-0.25, -0.2) is 4.79 Å². The molecule has 1 aliphatic rings. The third-order valence-electron chi connectivity index (χ3n) is 6.32. The van der Waals surface area contributed by atoms with Gasteiger partial charge in [-0.15, -0.1) is 0 Å². The van der Waals surface area contributed by atoms with Crippen molar-refractivity contribution in [1.29, 1.82) is 0 Å². The Kier molecular flexibility index (Phi) is 12.6. The quantitative estimate of drug-likeness (QED) is 0.153. The third kappa shape index (κ3) is 8.32. The van der Waals surface area contributed by atoms with Crippen LogP contribution < -0.4 is 14.8 Å². The normalized spacial score (nSPS) is 16.1. The molecule has 1 fully saturated rings. The zero-order valence-electron chi connectivity index (χ0n) is 22.2. The molecule has 11 heteroatoms. The summed E-state index contributed by atoms with van der Waals surface area (Å²) in [4.78, 5) is 26.1. The summed E-state index contributed by atoms with van der Waals surface area (Å²) in [5, 5.41) is 12.7. The first-order chi connectivity index (χ1) is 17.9. The molecular formula is C26H40N2O9. The van der Waals surface area contributed by atoms with Gasteiger partial charge in [0.05, 0.1) is 39.7 Å². The van der Waals surface area contributed by atoms with E-state index in [1.54, 1.807) is 12.1 Å². The van der Waals surface area contributed by atoms with E-state index in [1.807, 2.05) is 0 Å². The first-order valence-electron chi connectivity index (χ1n) is 12.3. The molecule has 0 aliphatic carbocycles.